The van der Waals surface area contributed by atoms with E-state index in [1.54, 1.807) is 6.08 Å². The van der Waals surface area contributed by atoms with Gasteiger partial charge in [-0.1, -0.05) is 41.6 Å². The summed E-state index contributed by atoms with van der Waals surface area (Å²) in [5.41, 5.74) is 2.64. The van der Waals surface area contributed by atoms with Crippen LogP contribution in [-0.2, 0) is 17.9 Å². The Morgan fingerprint density at radius 1 is 1.32 bits per heavy atom. The van der Waals surface area contributed by atoms with Crippen molar-refractivity contribution in [3.8, 4) is 5.75 Å². The van der Waals surface area contributed by atoms with E-state index in [9.17, 15) is 9.18 Å². The number of hydrogen-bond donors (Lipinski definition) is 1. The topological polar surface area (TPSA) is 69.0 Å². The molecule has 0 aliphatic carbocycles. The van der Waals surface area contributed by atoms with Crippen LogP contribution in [0.1, 0.15) is 17.0 Å². The summed E-state index contributed by atoms with van der Waals surface area (Å²) in [6.45, 7) is 8.54. The Bertz CT molecular complexity index is 1100. The standard InChI is InChI=1S/C22H22ClFN4O2S/c1-4-10-28-20(12-30-19-7-5-6-14(2)15(19)3)26-27-22(28)31-13-21(29)25-16-8-9-18(24)17(23)11-16/h4-9,11H,1,10,12-13H2,2-3H3,(H,25,29). The van der Waals surface area contributed by atoms with E-state index in [0.717, 1.165) is 16.9 Å². The first-order valence-corrected chi connectivity index (χ1v) is 10.8. The lowest BCUT2D eigenvalue weighted by Gasteiger charge is -2.12. The zero-order valence-corrected chi connectivity index (χ0v) is 18.8. The highest BCUT2D eigenvalue weighted by Gasteiger charge is 2.15. The van der Waals surface area contributed by atoms with Gasteiger partial charge in [-0.3, -0.25) is 9.36 Å². The number of aryl methyl sites for hydroxylation is 1. The van der Waals surface area contributed by atoms with Crippen LogP contribution in [0, 0.1) is 19.7 Å². The second kappa shape index (κ2) is 10.5. The van der Waals surface area contributed by atoms with Gasteiger partial charge in [0, 0.05) is 12.2 Å². The fourth-order valence-electron chi connectivity index (χ4n) is 2.77. The Hall–Kier alpha value is -2.84. The number of allylic oxidation sites excluding steroid dienone is 1. The Morgan fingerprint density at radius 2 is 2.13 bits per heavy atom. The summed E-state index contributed by atoms with van der Waals surface area (Å²) < 4.78 is 21.0. The van der Waals surface area contributed by atoms with Gasteiger partial charge >= 0.3 is 0 Å². The predicted molar refractivity (Wildman–Crippen MR) is 121 cm³/mol. The Labute approximate surface area is 189 Å². The van der Waals surface area contributed by atoms with Gasteiger partial charge in [-0.15, -0.1) is 16.8 Å². The van der Waals surface area contributed by atoms with Crippen molar-refractivity contribution in [1.29, 1.82) is 0 Å². The third-order valence-corrected chi connectivity index (χ3v) is 5.81. The average Bonchev–Trinajstić information content (AvgIpc) is 3.12. The number of aromatic nitrogens is 3. The van der Waals surface area contributed by atoms with E-state index in [1.165, 1.54) is 30.0 Å². The summed E-state index contributed by atoms with van der Waals surface area (Å²) in [7, 11) is 0. The smallest absolute Gasteiger partial charge is 0.234 e. The molecule has 1 heterocycles. The molecule has 31 heavy (non-hydrogen) atoms. The highest BCUT2D eigenvalue weighted by atomic mass is 35.5. The van der Waals surface area contributed by atoms with Crippen molar-refractivity contribution in [1.82, 2.24) is 14.8 Å². The van der Waals surface area contributed by atoms with E-state index < -0.39 is 5.82 Å². The van der Waals surface area contributed by atoms with Crippen LogP contribution in [0.15, 0.2) is 54.2 Å². The highest BCUT2D eigenvalue weighted by Crippen LogP contribution is 2.24. The molecule has 0 atom stereocenters. The van der Waals surface area contributed by atoms with Gasteiger partial charge in [-0.05, 0) is 49.2 Å². The van der Waals surface area contributed by atoms with E-state index in [1.807, 2.05) is 36.6 Å². The maximum atomic E-state index is 13.3. The molecule has 3 rings (SSSR count). The molecule has 1 amide bonds. The molecule has 0 unspecified atom stereocenters. The molecule has 0 saturated carbocycles. The number of nitrogens with zero attached hydrogens (tertiary/aromatic N) is 3. The van der Waals surface area contributed by atoms with Gasteiger partial charge in [-0.25, -0.2) is 4.39 Å². The number of ether oxygens (including phenoxy) is 1. The zero-order chi connectivity index (χ0) is 22.4. The molecular formula is C22H22ClFN4O2S. The van der Waals surface area contributed by atoms with Crippen LogP contribution < -0.4 is 10.1 Å². The monoisotopic (exact) mass is 460 g/mol. The van der Waals surface area contributed by atoms with Crippen LogP contribution in [0.25, 0.3) is 0 Å². The molecule has 3 aromatic rings. The van der Waals surface area contributed by atoms with E-state index in [4.69, 9.17) is 16.3 Å². The molecule has 1 aromatic heterocycles. The quantitative estimate of drug-likeness (QED) is 0.352. The van der Waals surface area contributed by atoms with Crippen LogP contribution >= 0.6 is 23.4 Å². The Balaban J connectivity index is 1.64. The van der Waals surface area contributed by atoms with Crippen molar-refractivity contribution in [3.05, 3.63) is 76.8 Å². The SMILES string of the molecule is C=CCn1c(COc2cccc(C)c2C)nnc1SCC(=O)Nc1ccc(F)c(Cl)c1. The molecule has 2 aromatic carbocycles. The van der Waals surface area contributed by atoms with Gasteiger partial charge in [0.1, 0.15) is 18.2 Å². The van der Waals surface area contributed by atoms with Gasteiger partial charge < -0.3 is 10.1 Å². The summed E-state index contributed by atoms with van der Waals surface area (Å²) >= 11 is 6.98. The van der Waals surface area contributed by atoms with Gasteiger partial charge in [0.15, 0.2) is 11.0 Å². The van der Waals surface area contributed by atoms with Gasteiger partial charge in [0.05, 0.1) is 10.8 Å². The van der Waals surface area contributed by atoms with Crippen LogP contribution in [0.2, 0.25) is 5.02 Å². The fraction of sp³-hybridized carbons (Fsp3) is 0.227. The molecule has 0 bridgehead atoms. The van der Waals surface area contributed by atoms with Crippen molar-refractivity contribution in [2.24, 2.45) is 0 Å². The Kier molecular flexibility index (Phi) is 7.70. The molecule has 0 radical (unpaired) electrons. The fourth-order valence-corrected chi connectivity index (χ4v) is 3.72. The minimum absolute atomic E-state index is 0.0512. The lowest BCUT2D eigenvalue weighted by molar-refractivity contribution is -0.113. The second-order valence-electron chi connectivity index (χ2n) is 6.75. The number of benzene rings is 2. The van der Waals surface area contributed by atoms with Gasteiger partial charge in [0.25, 0.3) is 0 Å². The molecule has 0 aliphatic heterocycles. The summed E-state index contributed by atoms with van der Waals surface area (Å²) in [6, 6.07) is 9.91. The van der Waals surface area contributed by atoms with Crippen molar-refractivity contribution in [3.63, 3.8) is 0 Å². The lowest BCUT2D eigenvalue weighted by atomic mass is 10.1. The van der Waals surface area contributed by atoms with Crippen molar-refractivity contribution < 1.29 is 13.9 Å². The summed E-state index contributed by atoms with van der Waals surface area (Å²) in [5.74, 6) is 0.715. The number of thioether (sulfide) groups is 1. The Morgan fingerprint density at radius 3 is 2.87 bits per heavy atom. The first-order chi connectivity index (χ1) is 14.9. The number of carbonyl (C=O) groups excluding carboxylic acids is 1. The first kappa shape index (κ1) is 22.8. The molecule has 162 valence electrons. The molecule has 9 heteroatoms. The first-order valence-electron chi connectivity index (χ1n) is 9.48. The number of carbonyl (C=O) groups is 1. The third kappa shape index (κ3) is 5.86. The number of amides is 1. The van der Waals surface area contributed by atoms with E-state index in [-0.39, 0.29) is 23.3 Å². The van der Waals surface area contributed by atoms with Crippen LogP contribution in [0.5, 0.6) is 5.75 Å². The van der Waals surface area contributed by atoms with Crippen molar-refractivity contribution in [2.75, 3.05) is 11.1 Å². The number of nitrogens with one attached hydrogen (secondary N) is 1. The second-order valence-corrected chi connectivity index (χ2v) is 8.10. The van der Waals surface area contributed by atoms with E-state index in [0.29, 0.717) is 23.2 Å². The zero-order valence-electron chi connectivity index (χ0n) is 17.2. The molecule has 1 N–H and O–H groups in total. The van der Waals surface area contributed by atoms with E-state index >= 15 is 0 Å². The number of halogens is 2. The molecule has 0 aliphatic rings. The summed E-state index contributed by atoms with van der Waals surface area (Å²) in [5, 5.41) is 11.6. The van der Waals surface area contributed by atoms with Crippen LogP contribution in [-0.4, -0.2) is 26.4 Å². The molecule has 0 fully saturated rings. The van der Waals surface area contributed by atoms with Crippen molar-refractivity contribution >= 4 is 35.0 Å². The summed E-state index contributed by atoms with van der Waals surface area (Å²) in [4.78, 5) is 12.3. The number of anilines is 1. The highest BCUT2D eigenvalue weighted by molar-refractivity contribution is 7.99. The van der Waals surface area contributed by atoms with Crippen LogP contribution in [0.3, 0.4) is 0 Å². The van der Waals surface area contributed by atoms with Crippen LogP contribution in [0.4, 0.5) is 10.1 Å². The van der Waals surface area contributed by atoms with Gasteiger partial charge in [-0.2, -0.15) is 0 Å². The minimum Gasteiger partial charge on any atom is -0.485 e. The van der Waals surface area contributed by atoms with E-state index in [2.05, 4.69) is 22.1 Å². The predicted octanol–water partition coefficient (Wildman–Crippen LogP) is 5.18. The van der Waals surface area contributed by atoms with Gasteiger partial charge in [0.2, 0.25) is 5.91 Å². The molecule has 0 saturated heterocycles. The molecule has 0 spiro atoms. The maximum absolute atomic E-state index is 13.3. The largest absolute Gasteiger partial charge is 0.485 e. The number of hydrogen-bond acceptors (Lipinski definition) is 5. The normalized spacial score (nSPS) is 10.7. The lowest BCUT2D eigenvalue weighted by Crippen LogP contribution is -2.15. The van der Waals surface area contributed by atoms with Crippen molar-refractivity contribution in [2.45, 2.75) is 32.2 Å². The third-order valence-electron chi connectivity index (χ3n) is 4.55. The molecule has 6 nitrogen and oxygen atoms in total. The average molecular weight is 461 g/mol. The minimum atomic E-state index is -0.540. The maximum Gasteiger partial charge on any atom is 0.234 e. The summed E-state index contributed by atoms with van der Waals surface area (Å²) in [6.07, 6.45) is 1.73. The number of rotatable bonds is 9. The molecular weight excluding hydrogens is 439 g/mol.